The first-order valence-electron chi connectivity index (χ1n) is 9.04. The van der Waals surface area contributed by atoms with Gasteiger partial charge in [0.05, 0.1) is 11.6 Å². The molecule has 0 spiro atoms. The molecular formula is C21H21F6NO. The Kier molecular flexibility index (Phi) is 7.11. The Labute approximate surface area is 164 Å². The molecule has 8 heteroatoms. The summed E-state index contributed by atoms with van der Waals surface area (Å²) in [4.78, 5) is 11.7. The summed E-state index contributed by atoms with van der Waals surface area (Å²) in [7, 11) is 0. The van der Waals surface area contributed by atoms with Crippen LogP contribution in [0.5, 0.6) is 0 Å². The Morgan fingerprint density at radius 3 is 1.76 bits per heavy atom. The fourth-order valence-electron chi connectivity index (χ4n) is 2.99. The Hall–Kier alpha value is -2.35. The third kappa shape index (κ3) is 6.06. The molecule has 0 amide bonds. The van der Waals surface area contributed by atoms with Gasteiger partial charge in [-0.2, -0.15) is 26.3 Å². The predicted octanol–water partition coefficient (Wildman–Crippen LogP) is 6.32. The van der Waals surface area contributed by atoms with Crippen LogP contribution in [-0.4, -0.2) is 18.0 Å². The van der Waals surface area contributed by atoms with Gasteiger partial charge in [-0.05, 0) is 42.2 Å². The van der Waals surface area contributed by atoms with Gasteiger partial charge in [0, 0.05) is 0 Å². The first-order valence-corrected chi connectivity index (χ1v) is 9.04. The lowest BCUT2D eigenvalue weighted by atomic mass is 9.98. The van der Waals surface area contributed by atoms with Crippen molar-refractivity contribution in [2.75, 3.05) is 0 Å². The van der Waals surface area contributed by atoms with Crippen molar-refractivity contribution < 1.29 is 31.1 Å². The number of benzene rings is 2. The second-order valence-corrected chi connectivity index (χ2v) is 6.79. The van der Waals surface area contributed by atoms with Crippen molar-refractivity contribution >= 4 is 5.78 Å². The summed E-state index contributed by atoms with van der Waals surface area (Å²) in [6, 6.07) is 6.81. The maximum atomic E-state index is 13.6. The van der Waals surface area contributed by atoms with Crippen molar-refractivity contribution in [1.82, 2.24) is 5.32 Å². The molecule has 2 aromatic rings. The van der Waals surface area contributed by atoms with Crippen LogP contribution in [0, 0.1) is 0 Å². The maximum Gasteiger partial charge on any atom is 0.416 e. The minimum atomic E-state index is -4.61. The van der Waals surface area contributed by atoms with Crippen molar-refractivity contribution in [3.8, 4) is 11.1 Å². The number of halogens is 6. The average molecular weight is 417 g/mol. The second kappa shape index (κ2) is 8.98. The number of hydrogen-bond acceptors (Lipinski definition) is 2. The Balaban J connectivity index is 2.28. The first-order chi connectivity index (χ1) is 13.4. The monoisotopic (exact) mass is 417 g/mol. The van der Waals surface area contributed by atoms with E-state index in [1.807, 2.05) is 0 Å². The lowest BCUT2D eigenvalue weighted by molar-refractivity contribution is -0.160. The Bertz CT molecular complexity index is 809. The number of nitrogens with one attached hydrogen (secondary N) is 1. The van der Waals surface area contributed by atoms with Gasteiger partial charge >= 0.3 is 12.4 Å². The summed E-state index contributed by atoms with van der Waals surface area (Å²) in [5, 5.41) is 2.39. The molecule has 1 unspecified atom stereocenters. The molecule has 0 aliphatic carbocycles. The largest absolute Gasteiger partial charge is 0.416 e. The highest BCUT2D eigenvalue weighted by molar-refractivity contribution is 5.81. The molecule has 0 saturated carbocycles. The molecule has 2 rings (SSSR count). The predicted molar refractivity (Wildman–Crippen MR) is 98.2 cm³/mol. The van der Waals surface area contributed by atoms with Crippen molar-refractivity contribution in [1.29, 1.82) is 0 Å². The number of carbonyl (C=O) groups excluding carboxylic acids is 1. The molecule has 158 valence electrons. The van der Waals surface area contributed by atoms with Gasteiger partial charge in [0.2, 0.25) is 0 Å². The second-order valence-electron chi connectivity index (χ2n) is 6.79. The van der Waals surface area contributed by atoms with Gasteiger partial charge in [0.1, 0.15) is 11.8 Å². The summed E-state index contributed by atoms with van der Waals surface area (Å²) in [5.74, 6) is -0.373. The number of hydrogen-bond donors (Lipinski definition) is 1. The molecule has 0 aliphatic heterocycles. The average Bonchev–Trinajstić information content (AvgIpc) is 2.63. The van der Waals surface area contributed by atoms with Crippen molar-refractivity contribution in [3.05, 3.63) is 59.7 Å². The van der Waals surface area contributed by atoms with Gasteiger partial charge in [-0.15, -0.1) is 0 Å². The van der Waals surface area contributed by atoms with E-state index in [0.717, 1.165) is 12.1 Å². The lowest BCUT2D eigenvalue weighted by Crippen LogP contribution is -2.43. The molecule has 0 heterocycles. The van der Waals surface area contributed by atoms with Crippen LogP contribution in [0.15, 0.2) is 48.5 Å². The zero-order chi connectivity index (χ0) is 21.8. The van der Waals surface area contributed by atoms with E-state index >= 15 is 0 Å². The molecule has 0 saturated heterocycles. The SMILES string of the molecule is CCCC(N[C@@H](c1ccc(-c2ccc(C(F)(F)F)cc2)cc1)C(F)(F)F)C(C)=O. The highest BCUT2D eigenvalue weighted by atomic mass is 19.4. The summed E-state index contributed by atoms with van der Waals surface area (Å²) in [6.45, 7) is 3.02. The van der Waals surface area contributed by atoms with Crippen LogP contribution >= 0.6 is 0 Å². The lowest BCUT2D eigenvalue weighted by Gasteiger charge is -2.26. The topological polar surface area (TPSA) is 29.1 Å². The first kappa shape index (κ1) is 22.9. The van der Waals surface area contributed by atoms with Gasteiger partial charge in [-0.25, -0.2) is 0 Å². The molecule has 2 aromatic carbocycles. The van der Waals surface area contributed by atoms with Gasteiger partial charge < -0.3 is 0 Å². The van der Waals surface area contributed by atoms with Crippen LogP contribution in [0.25, 0.3) is 11.1 Å². The summed E-state index contributed by atoms with van der Waals surface area (Å²) >= 11 is 0. The van der Waals surface area contributed by atoms with Crippen LogP contribution < -0.4 is 5.32 Å². The molecule has 0 radical (unpaired) electrons. The molecule has 0 aromatic heterocycles. The van der Waals surface area contributed by atoms with Gasteiger partial charge in [-0.3, -0.25) is 10.1 Å². The minimum absolute atomic E-state index is 0.0736. The minimum Gasteiger partial charge on any atom is -0.298 e. The number of ketones is 1. The number of rotatable bonds is 7. The van der Waals surface area contributed by atoms with Crippen LogP contribution in [0.4, 0.5) is 26.3 Å². The zero-order valence-electron chi connectivity index (χ0n) is 15.9. The van der Waals surface area contributed by atoms with Crippen molar-refractivity contribution in [3.63, 3.8) is 0 Å². The molecule has 0 fully saturated rings. The van der Waals surface area contributed by atoms with E-state index < -0.39 is 30.0 Å². The van der Waals surface area contributed by atoms with Crippen LogP contribution in [-0.2, 0) is 11.0 Å². The molecule has 1 N–H and O–H groups in total. The molecular weight excluding hydrogens is 396 g/mol. The summed E-state index contributed by atoms with van der Waals surface area (Å²) in [5.41, 5.74) is 0.0645. The van der Waals surface area contributed by atoms with Gasteiger partial charge in [-0.1, -0.05) is 49.7 Å². The molecule has 0 bridgehead atoms. The highest BCUT2D eigenvalue weighted by Gasteiger charge is 2.42. The van der Waals surface area contributed by atoms with Crippen molar-refractivity contribution in [2.45, 2.75) is 51.1 Å². The van der Waals surface area contributed by atoms with E-state index in [1.54, 1.807) is 6.92 Å². The third-order valence-electron chi connectivity index (χ3n) is 4.55. The third-order valence-corrected chi connectivity index (χ3v) is 4.55. The standard InChI is InChI=1S/C21H21F6NO/c1-3-4-18(13(2)29)28-19(21(25,26)27)16-7-5-14(6-8-16)15-9-11-17(12-10-15)20(22,23)24/h5-12,18-19,28H,3-4H2,1-2H3/t18?,19-/m0/s1. The molecule has 2 atom stereocenters. The van der Waals surface area contributed by atoms with E-state index in [9.17, 15) is 31.1 Å². The van der Waals surface area contributed by atoms with E-state index in [0.29, 0.717) is 17.5 Å². The van der Waals surface area contributed by atoms with Crippen LogP contribution in [0.1, 0.15) is 43.9 Å². The molecule has 0 aliphatic rings. The van der Waals surface area contributed by atoms with E-state index in [-0.39, 0.29) is 17.8 Å². The highest BCUT2D eigenvalue weighted by Crippen LogP contribution is 2.35. The molecule has 2 nitrogen and oxygen atoms in total. The van der Waals surface area contributed by atoms with Crippen LogP contribution in [0.3, 0.4) is 0 Å². The number of carbonyl (C=O) groups is 1. The zero-order valence-corrected chi connectivity index (χ0v) is 15.9. The fourth-order valence-corrected chi connectivity index (χ4v) is 2.99. The Morgan fingerprint density at radius 1 is 0.897 bits per heavy atom. The van der Waals surface area contributed by atoms with Crippen LogP contribution in [0.2, 0.25) is 0 Å². The summed E-state index contributed by atoms with van der Waals surface area (Å²) < 4.78 is 78.7. The fraction of sp³-hybridized carbons (Fsp3) is 0.381. The van der Waals surface area contributed by atoms with Crippen molar-refractivity contribution in [2.24, 2.45) is 0 Å². The maximum absolute atomic E-state index is 13.6. The molecule has 29 heavy (non-hydrogen) atoms. The number of alkyl halides is 6. The van der Waals surface area contributed by atoms with E-state index in [4.69, 9.17) is 0 Å². The Morgan fingerprint density at radius 2 is 1.38 bits per heavy atom. The number of Topliss-reactive ketones (excluding diaryl/α,β-unsaturated/α-hetero) is 1. The normalized spacial score (nSPS) is 14.5. The smallest absolute Gasteiger partial charge is 0.298 e. The summed E-state index contributed by atoms with van der Waals surface area (Å²) in [6.07, 6.45) is -8.24. The van der Waals surface area contributed by atoms with Gasteiger partial charge in [0.15, 0.2) is 0 Å². The quantitative estimate of drug-likeness (QED) is 0.534. The van der Waals surface area contributed by atoms with E-state index in [2.05, 4.69) is 5.32 Å². The van der Waals surface area contributed by atoms with Gasteiger partial charge in [0.25, 0.3) is 0 Å². The van der Waals surface area contributed by atoms with E-state index in [1.165, 1.54) is 43.3 Å².